The van der Waals surface area contributed by atoms with Gasteiger partial charge in [0.25, 0.3) is 0 Å². The highest BCUT2D eigenvalue weighted by atomic mass is 32.2. The number of ether oxygens (including phenoxy) is 1. The van der Waals surface area contributed by atoms with E-state index < -0.39 is 0 Å². The van der Waals surface area contributed by atoms with Gasteiger partial charge in [0.05, 0.1) is 6.61 Å². The summed E-state index contributed by atoms with van der Waals surface area (Å²) in [7, 11) is 0. The largest absolute Gasteiger partial charge is 0.381 e. The Balaban J connectivity index is 2.33. The van der Waals surface area contributed by atoms with Crippen LogP contribution < -0.4 is 5.32 Å². The summed E-state index contributed by atoms with van der Waals surface area (Å²) in [5.41, 5.74) is 1.50. The second-order valence-electron chi connectivity index (χ2n) is 5.29. The van der Waals surface area contributed by atoms with Crippen LogP contribution in [-0.2, 0) is 11.3 Å². The molecule has 0 saturated carbocycles. The Morgan fingerprint density at radius 2 is 1.83 bits per heavy atom. The molecule has 0 heterocycles. The van der Waals surface area contributed by atoms with Crippen LogP contribution in [0.4, 0.5) is 0 Å². The van der Waals surface area contributed by atoms with Crippen LogP contribution in [0.5, 0.6) is 0 Å². The molecular weight excluding hydrogens is 242 g/mol. The van der Waals surface area contributed by atoms with E-state index in [0.717, 1.165) is 25.5 Å². The average Bonchev–Trinajstić information content (AvgIpc) is 2.33. The van der Waals surface area contributed by atoms with Gasteiger partial charge in [0, 0.05) is 29.3 Å². The third-order valence-electron chi connectivity index (χ3n) is 2.45. The van der Waals surface area contributed by atoms with Crippen LogP contribution in [0.15, 0.2) is 29.2 Å². The van der Waals surface area contributed by atoms with Gasteiger partial charge in [-0.15, -0.1) is 11.8 Å². The Morgan fingerprint density at radius 3 is 2.39 bits per heavy atom. The maximum absolute atomic E-state index is 5.32. The summed E-state index contributed by atoms with van der Waals surface area (Å²) in [5.74, 6) is 1.02. The summed E-state index contributed by atoms with van der Waals surface area (Å²) in [6.07, 6.45) is 0. The first-order valence-electron chi connectivity index (χ1n) is 6.56. The molecule has 1 aromatic carbocycles. The van der Waals surface area contributed by atoms with Gasteiger partial charge < -0.3 is 10.1 Å². The van der Waals surface area contributed by atoms with Crippen molar-refractivity contribution < 1.29 is 4.74 Å². The van der Waals surface area contributed by atoms with Crippen molar-refractivity contribution in [1.29, 1.82) is 0 Å². The molecule has 0 aliphatic heterocycles. The Labute approximate surface area is 116 Å². The predicted molar refractivity (Wildman–Crippen MR) is 80.3 cm³/mol. The third kappa shape index (κ3) is 7.04. The van der Waals surface area contributed by atoms with E-state index in [9.17, 15) is 0 Å². The Bertz CT molecular complexity index is 329. The lowest BCUT2D eigenvalue weighted by Gasteiger charge is -2.20. The highest BCUT2D eigenvalue weighted by molar-refractivity contribution is 7.99. The zero-order valence-electron chi connectivity index (χ0n) is 12.0. The van der Waals surface area contributed by atoms with Crippen LogP contribution in [-0.4, -0.2) is 24.5 Å². The molecule has 3 heteroatoms. The minimum Gasteiger partial charge on any atom is -0.381 e. The molecule has 2 nitrogen and oxygen atoms in total. The minimum absolute atomic E-state index is 0.172. The van der Waals surface area contributed by atoms with Crippen LogP contribution in [0.25, 0.3) is 0 Å². The normalized spacial score (nSPS) is 11.8. The first kappa shape index (κ1) is 15.5. The maximum Gasteiger partial charge on any atom is 0.0560 e. The Kier molecular flexibility index (Phi) is 6.76. The average molecular weight is 267 g/mol. The van der Waals surface area contributed by atoms with Gasteiger partial charge in [0.15, 0.2) is 0 Å². The first-order valence-corrected chi connectivity index (χ1v) is 7.54. The lowest BCUT2D eigenvalue weighted by atomic mass is 10.1. The molecule has 0 aliphatic rings. The number of hydrogen-bond donors (Lipinski definition) is 1. The second-order valence-corrected chi connectivity index (χ2v) is 6.46. The summed E-state index contributed by atoms with van der Waals surface area (Å²) in [4.78, 5) is 1.31. The molecule has 0 unspecified atom stereocenters. The minimum atomic E-state index is 0.172. The molecule has 0 radical (unpaired) electrons. The summed E-state index contributed by atoms with van der Waals surface area (Å²) >= 11 is 1.85. The summed E-state index contributed by atoms with van der Waals surface area (Å²) in [5, 5.41) is 3.49. The van der Waals surface area contributed by atoms with Crippen molar-refractivity contribution in [3.05, 3.63) is 29.8 Å². The number of nitrogens with one attached hydrogen (secondary N) is 1. The van der Waals surface area contributed by atoms with E-state index in [0.29, 0.717) is 0 Å². The van der Waals surface area contributed by atoms with Crippen molar-refractivity contribution in [3.8, 4) is 0 Å². The number of benzene rings is 1. The second kappa shape index (κ2) is 7.82. The number of thioether (sulfide) groups is 1. The van der Waals surface area contributed by atoms with E-state index in [1.807, 2.05) is 18.7 Å². The fourth-order valence-electron chi connectivity index (χ4n) is 1.43. The van der Waals surface area contributed by atoms with E-state index in [1.54, 1.807) is 0 Å². The maximum atomic E-state index is 5.32. The van der Waals surface area contributed by atoms with Crippen molar-refractivity contribution in [3.63, 3.8) is 0 Å². The smallest absolute Gasteiger partial charge is 0.0560 e. The summed E-state index contributed by atoms with van der Waals surface area (Å²) in [6.45, 7) is 11.1. The van der Waals surface area contributed by atoms with Crippen LogP contribution in [0.2, 0.25) is 0 Å². The first-order chi connectivity index (χ1) is 8.51. The van der Waals surface area contributed by atoms with Crippen LogP contribution in [0, 0.1) is 0 Å². The van der Waals surface area contributed by atoms with Crippen molar-refractivity contribution in [2.75, 3.05) is 19.0 Å². The van der Waals surface area contributed by atoms with Crippen LogP contribution in [0.1, 0.15) is 33.3 Å². The molecule has 0 saturated heterocycles. The van der Waals surface area contributed by atoms with Crippen molar-refractivity contribution >= 4 is 11.8 Å². The van der Waals surface area contributed by atoms with E-state index in [-0.39, 0.29) is 5.54 Å². The van der Waals surface area contributed by atoms with Gasteiger partial charge in [-0.25, -0.2) is 0 Å². The quantitative estimate of drug-likeness (QED) is 0.601. The molecule has 0 bridgehead atoms. The molecule has 102 valence electrons. The zero-order valence-corrected chi connectivity index (χ0v) is 12.8. The molecule has 0 spiro atoms. The monoisotopic (exact) mass is 267 g/mol. The number of hydrogen-bond acceptors (Lipinski definition) is 3. The topological polar surface area (TPSA) is 21.3 Å². The third-order valence-corrected chi connectivity index (χ3v) is 3.42. The Morgan fingerprint density at radius 1 is 1.17 bits per heavy atom. The van der Waals surface area contributed by atoms with Gasteiger partial charge in [0.1, 0.15) is 0 Å². The van der Waals surface area contributed by atoms with Gasteiger partial charge >= 0.3 is 0 Å². The molecule has 0 amide bonds. The van der Waals surface area contributed by atoms with E-state index in [4.69, 9.17) is 4.74 Å². The molecule has 1 aromatic rings. The highest BCUT2D eigenvalue weighted by Gasteiger charge is 2.07. The molecule has 0 aliphatic carbocycles. The van der Waals surface area contributed by atoms with E-state index in [1.165, 1.54) is 10.5 Å². The molecule has 1 rings (SSSR count). The Hall–Kier alpha value is -0.510. The van der Waals surface area contributed by atoms with Gasteiger partial charge in [-0.2, -0.15) is 0 Å². The van der Waals surface area contributed by atoms with E-state index in [2.05, 4.69) is 50.4 Å². The van der Waals surface area contributed by atoms with Crippen LogP contribution in [0.3, 0.4) is 0 Å². The van der Waals surface area contributed by atoms with Gasteiger partial charge in [0.2, 0.25) is 0 Å². The lowest BCUT2D eigenvalue weighted by Crippen LogP contribution is -2.35. The SMILES string of the molecule is CCOCCSc1ccc(CNC(C)(C)C)cc1. The van der Waals surface area contributed by atoms with Gasteiger partial charge in [-0.05, 0) is 45.4 Å². The van der Waals surface area contributed by atoms with Crippen molar-refractivity contribution in [2.24, 2.45) is 0 Å². The summed E-state index contributed by atoms with van der Waals surface area (Å²) in [6, 6.07) is 8.77. The number of rotatable bonds is 7. The standard InChI is InChI=1S/C15H25NOS/c1-5-17-10-11-18-14-8-6-13(7-9-14)12-16-15(2,3)4/h6-9,16H,5,10-12H2,1-4H3. The highest BCUT2D eigenvalue weighted by Crippen LogP contribution is 2.18. The summed E-state index contributed by atoms with van der Waals surface area (Å²) < 4.78 is 5.32. The fraction of sp³-hybridized carbons (Fsp3) is 0.600. The molecule has 18 heavy (non-hydrogen) atoms. The molecular formula is C15H25NOS. The predicted octanol–water partition coefficient (Wildman–Crippen LogP) is 3.70. The van der Waals surface area contributed by atoms with Crippen molar-refractivity contribution in [1.82, 2.24) is 5.32 Å². The van der Waals surface area contributed by atoms with Gasteiger partial charge in [-0.3, -0.25) is 0 Å². The molecule has 0 fully saturated rings. The van der Waals surface area contributed by atoms with Crippen LogP contribution >= 0.6 is 11.8 Å². The van der Waals surface area contributed by atoms with E-state index >= 15 is 0 Å². The molecule has 0 atom stereocenters. The van der Waals surface area contributed by atoms with Gasteiger partial charge in [-0.1, -0.05) is 12.1 Å². The molecule has 0 aromatic heterocycles. The van der Waals surface area contributed by atoms with Crippen molar-refractivity contribution in [2.45, 2.75) is 44.7 Å². The lowest BCUT2D eigenvalue weighted by molar-refractivity contribution is 0.164. The zero-order chi connectivity index (χ0) is 13.4. The fourth-order valence-corrected chi connectivity index (χ4v) is 2.20. The molecule has 1 N–H and O–H groups in total.